The van der Waals surface area contributed by atoms with Crippen molar-refractivity contribution in [2.24, 2.45) is 5.92 Å². The van der Waals surface area contributed by atoms with Crippen molar-refractivity contribution in [3.05, 3.63) is 46.6 Å². The number of aromatic hydroxyl groups is 1. The standard InChI is InChI=1S/C21H28O4/c1-6-7-14-11-17(25-5)19(20(22)18(14)21(23)24)16-10-13(4)8-9-15(16)12(2)3/h10-11,15-16,22H,2,6-9H2,1,3-5H3,(H,23,24)/t15-,16+/m0/s1. The van der Waals surface area contributed by atoms with Crippen LogP contribution in [0.15, 0.2) is 29.9 Å². The second kappa shape index (κ2) is 7.77. The summed E-state index contributed by atoms with van der Waals surface area (Å²) in [5, 5.41) is 20.5. The number of allylic oxidation sites excluding steroid dienone is 3. The third-order valence-corrected chi connectivity index (χ3v) is 5.05. The van der Waals surface area contributed by atoms with E-state index in [1.165, 1.54) is 5.57 Å². The number of carboxylic acid groups (broad SMARTS) is 1. The quantitative estimate of drug-likeness (QED) is 0.707. The van der Waals surface area contributed by atoms with Gasteiger partial charge in [-0.1, -0.05) is 37.1 Å². The van der Waals surface area contributed by atoms with Crippen LogP contribution >= 0.6 is 0 Å². The van der Waals surface area contributed by atoms with Crippen LogP contribution in [0.3, 0.4) is 0 Å². The molecule has 2 rings (SSSR count). The van der Waals surface area contributed by atoms with E-state index >= 15 is 0 Å². The zero-order valence-corrected chi connectivity index (χ0v) is 15.6. The first-order valence-electron chi connectivity index (χ1n) is 8.80. The van der Waals surface area contributed by atoms with Crippen LogP contribution in [0.25, 0.3) is 0 Å². The number of phenols is 1. The smallest absolute Gasteiger partial charge is 0.339 e. The number of carbonyl (C=O) groups is 1. The average molecular weight is 344 g/mol. The number of rotatable bonds is 6. The Morgan fingerprint density at radius 3 is 2.64 bits per heavy atom. The van der Waals surface area contributed by atoms with Crippen molar-refractivity contribution in [3.63, 3.8) is 0 Å². The molecule has 0 aromatic heterocycles. The number of aromatic carboxylic acids is 1. The summed E-state index contributed by atoms with van der Waals surface area (Å²) < 4.78 is 5.55. The van der Waals surface area contributed by atoms with Crippen molar-refractivity contribution in [3.8, 4) is 11.5 Å². The molecule has 2 N–H and O–H groups in total. The molecular formula is C21H28O4. The number of hydrogen-bond donors (Lipinski definition) is 2. The molecule has 0 spiro atoms. The minimum absolute atomic E-state index is 0.00487. The minimum Gasteiger partial charge on any atom is -0.507 e. The van der Waals surface area contributed by atoms with Crippen molar-refractivity contribution in [2.45, 2.75) is 52.4 Å². The molecular weight excluding hydrogens is 316 g/mol. The highest BCUT2D eigenvalue weighted by molar-refractivity contribution is 5.94. The fourth-order valence-corrected chi connectivity index (χ4v) is 3.81. The summed E-state index contributed by atoms with van der Waals surface area (Å²) in [7, 11) is 1.56. The fraction of sp³-hybridized carbons (Fsp3) is 0.476. The van der Waals surface area contributed by atoms with Crippen molar-refractivity contribution in [1.82, 2.24) is 0 Å². The van der Waals surface area contributed by atoms with Gasteiger partial charge in [-0.2, -0.15) is 0 Å². The molecule has 0 unspecified atom stereocenters. The minimum atomic E-state index is -1.10. The van der Waals surface area contributed by atoms with Crippen molar-refractivity contribution >= 4 is 5.97 Å². The number of methoxy groups -OCH3 is 1. The molecule has 2 atom stereocenters. The van der Waals surface area contributed by atoms with E-state index in [0.29, 0.717) is 23.3 Å². The van der Waals surface area contributed by atoms with E-state index in [0.717, 1.165) is 24.8 Å². The molecule has 1 aromatic carbocycles. The largest absolute Gasteiger partial charge is 0.507 e. The van der Waals surface area contributed by atoms with Gasteiger partial charge >= 0.3 is 5.97 Å². The van der Waals surface area contributed by atoms with Crippen molar-refractivity contribution in [1.29, 1.82) is 0 Å². The summed E-state index contributed by atoms with van der Waals surface area (Å²) in [6.45, 7) is 10.1. The van der Waals surface area contributed by atoms with Crippen LogP contribution < -0.4 is 4.74 Å². The lowest BCUT2D eigenvalue weighted by atomic mass is 9.73. The molecule has 0 heterocycles. The number of ether oxygens (including phenoxy) is 1. The van der Waals surface area contributed by atoms with E-state index < -0.39 is 5.97 Å². The van der Waals surface area contributed by atoms with E-state index in [-0.39, 0.29) is 23.1 Å². The van der Waals surface area contributed by atoms with Crippen molar-refractivity contribution < 1.29 is 19.7 Å². The van der Waals surface area contributed by atoms with Gasteiger partial charge < -0.3 is 14.9 Å². The van der Waals surface area contributed by atoms with E-state index in [4.69, 9.17) is 4.74 Å². The Kier molecular flexibility index (Phi) is 5.93. The molecule has 1 aliphatic carbocycles. The van der Waals surface area contributed by atoms with Crippen LogP contribution in [0.4, 0.5) is 0 Å². The Balaban J connectivity index is 2.74. The number of carboxylic acids is 1. The SMILES string of the molecule is C=C(C)[C@@H]1CCC(C)=C[C@H]1c1c(OC)cc(CCC)c(C(=O)O)c1O. The van der Waals surface area contributed by atoms with Crippen LogP contribution in [-0.2, 0) is 6.42 Å². The Morgan fingerprint density at radius 2 is 2.12 bits per heavy atom. The molecule has 1 aliphatic rings. The maximum atomic E-state index is 11.8. The summed E-state index contributed by atoms with van der Waals surface area (Å²) in [5.74, 6) is -0.698. The second-order valence-corrected chi connectivity index (χ2v) is 6.96. The third-order valence-electron chi connectivity index (χ3n) is 5.05. The van der Waals surface area contributed by atoms with Gasteiger partial charge in [0.15, 0.2) is 0 Å². The first kappa shape index (κ1) is 19.1. The monoisotopic (exact) mass is 344 g/mol. The van der Waals surface area contributed by atoms with Crippen LogP contribution in [0.5, 0.6) is 11.5 Å². The van der Waals surface area contributed by atoms with Gasteiger partial charge in [0.05, 0.1) is 7.11 Å². The van der Waals surface area contributed by atoms with Crippen molar-refractivity contribution in [2.75, 3.05) is 7.11 Å². The molecule has 0 bridgehead atoms. The van der Waals surface area contributed by atoms with Crippen LogP contribution in [0.1, 0.15) is 67.4 Å². The first-order valence-corrected chi connectivity index (χ1v) is 8.80. The number of hydrogen-bond acceptors (Lipinski definition) is 3. The first-order chi connectivity index (χ1) is 11.8. The molecule has 0 saturated heterocycles. The zero-order valence-electron chi connectivity index (χ0n) is 15.6. The zero-order chi connectivity index (χ0) is 18.7. The second-order valence-electron chi connectivity index (χ2n) is 6.96. The highest BCUT2D eigenvalue weighted by atomic mass is 16.5. The molecule has 4 heteroatoms. The lowest BCUT2D eigenvalue weighted by molar-refractivity contribution is 0.0692. The maximum absolute atomic E-state index is 11.8. The van der Waals surface area contributed by atoms with E-state index in [1.807, 2.05) is 13.8 Å². The van der Waals surface area contributed by atoms with E-state index in [1.54, 1.807) is 13.2 Å². The fourth-order valence-electron chi connectivity index (χ4n) is 3.81. The van der Waals surface area contributed by atoms with Gasteiger partial charge in [-0.05, 0) is 50.7 Å². The lowest BCUT2D eigenvalue weighted by Crippen LogP contribution is -2.19. The van der Waals surface area contributed by atoms with Gasteiger partial charge in [0.1, 0.15) is 17.1 Å². The summed E-state index contributed by atoms with van der Waals surface area (Å²) in [4.78, 5) is 11.8. The number of aryl methyl sites for hydroxylation is 1. The average Bonchev–Trinajstić information content (AvgIpc) is 2.53. The van der Waals surface area contributed by atoms with Gasteiger partial charge in [0.25, 0.3) is 0 Å². The molecule has 25 heavy (non-hydrogen) atoms. The summed E-state index contributed by atoms with van der Waals surface area (Å²) in [6, 6.07) is 1.77. The molecule has 0 radical (unpaired) electrons. The van der Waals surface area contributed by atoms with Gasteiger partial charge in [-0.15, -0.1) is 0 Å². The van der Waals surface area contributed by atoms with Gasteiger partial charge in [0.2, 0.25) is 0 Å². The lowest BCUT2D eigenvalue weighted by Gasteiger charge is -2.32. The Hall–Kier alpha value is -2.23. The van der Waals surface area contributed by atoms with Crippen LogP contribution in [0.2, 0.25) is 0 Å². The van der Waals surface area contributed by atoms with Crippen LogP contribution in [-0.4, -0.2) is 23.3 Å². The summed E-state index contributed by atoms with van der Waals surface area (Å²) >= 11 is 0. The molecule has 1 aromatic rings. The molecule has 4 nitrogen and oxygen atoms in total. The maximum Gasteiger partial charge on any atom is 0.339 e. The molecule has 136 valence electrons. The normalized spacial score (nSPS) is 20.1. The number of benzene rings is 1. The summed E-state index contributed by atoms with van der Waals surface area (Å²) in [5.41, 5.74) is 3.43. The third kappa shape index (κ3) is 3.73. The predicted molar refractivity (Wildman–Crippen MR) is 99.6 cm³/mol. The Morgan fingerprint density at radius 1 is 1.44 bits per heavy atom. The van der Waals surface area contributed by atoms with Crippen LogP contribution in [0, 0.1) is 5.92 Å². The Labute approximate surface area is 149 Å². The van der Waals surface area contributed by atoms with E-state index in [2.05, 4.69) is 19.6 Å². The molecule has 0 saturated carbocycles. The molecule has 0 amide bonds. The highest BCUT2D eigenvalue weighted by Gasteiger charge is 2.33. The Bertz CT molecular complexity index is 715. The molecule has 0 fully saturated rings. The summed E-state index contributed by atoms with van der Waals surface area (Å²) in [6.07, 6.45) is 5.40. The van der Waals surface area contributed by atoms with E-state index in [9.17, 15) is 15.0 Å². The van der Waals surface area contributed by atoms with Gasteiger partial charge in [-0.25, -0.2) is 4.79 Å². The predicted octanol–water partition coefficient (Wildman–Crippen LogP) is 5.07. The van der Waals surface area contributed by atoms with Gasteiger partial charge in [-0.3, -0.25) is 0 Å². The van der Waals surface area contributed by atoms with Gasteiger partial charge in [0, 0.05) is 11.5 Å². The topological polar surface area (TPSA) is 66.8 Å². The molecule has 0 aliphatic heterocycles. The highest BCUT2D eigenvalue weighted by Crippen LogP contribution is 2.48.